The van der Waals surface area contributed by atoms with Crippen LogP contribution in [0.5, 0.6) is 11.5 Å². The van der Waals surface area contributed by atoms with Crippen molar-refractivity contribution >= 4 is 10.0 Å². The van der Waals surface area contributed by atoms with Gasteiger partial charge in [0.05, 0.1) is 27.4 Å². The van der Waals surface area contributed by atoms with Gasteiger partial charge < -0.3 is 19.5 Å². The number of hydrogen-bond acceptors (Lipinski definition) is 6. The van der Waals surface area contributed by atoms with Crippen molar-refractivity contribution in [1.29, 1.82) is 0 Å². The Morgan fingerprint density at radius 1 is 1.38 bits per heavy atom. The molecule has 1 fully saturated rings. The Morgan fingerprint density at radius 3 is 2.81 bits per heavy atom. The van der Waals surface area contributed by atoms with E-state index < -0.39 is 10.0 Å². The summed E-state index contributed by atoms with van der Waals surface area (Å²) in [4.78, 5) is 0.0566. The highest BCUT2D eigenvalue weighted by molar-refractivity contribution is 7.89. The average Bonchev–Trinajstić information content (AvgIpc) is 2.53. The van der Waals surface area contributed by atoms with E-state index in [1.165, 1.54) is 20.3 Å². The Morgan fingerprint density at radius 2 is 2.19 bits per heavy atom. The minimum Gasteiger partial charge on any atom is -0.497 e. The summed E-state index contributed by atoms with van der Waals surface area (Å²) in [6, 6.07) is 4.61. The van der Waals surface area contributed by atoms with Crippen molar-refractivity contribution in [2.45, 2.75) is 10.9 Å². The van der Waals surface area contributed by atoms with E-state index >= 15 is 0 Å². The van der Waals surface area contributed by atoms with Crippen LogP contribution in [-0.4, -0.2) is 55.0 Å². The van der Waals surface area contributed by atoms with E-state index in [9.17, 15) is 8.42 Å². The van der Waals surface area contributed by atoms with Crippen molar-refractivity contribution in [1.82, 2.24) is 10.0 Å². The summed E-state index contributed by atoms with van der Waals surface area (Å²) >= 11 is 0. The second kappa shape index (κ2) is 7.08. The van der Waals surface area contributed by atoms with E-state index in [4.69, 9.17) is 14.2 Å². The van der Waals surface area contributed by atoms with Crippen molar-refractivity contribution in [2.75, 3.05) is 40.5 Å². The van der Waals surface area contributed by atoms with Gasteiger partial charge in [0, 0.05) is 25.2 Å². The van der Waals surface area contributed by atoms with Crippen LogP contribution in [0.2, 0.25) is 0 Å². The number of benzene rings is 1. The number of nitrogens with one attached hydrogen (secondary N) is 2. The predicted octanol–water partition coefficient (Wildman–Crippen LogP) is -0.0295. The van der Waals surface area contributed by atoms with E-state index in [1.54, 1.807) is 12.1 Å². The van der Waals surface area contributed by atoms with Crippen molar-refractivity contribution in [3.05, 3.63) is 18.2 Å². The predicted molar refractivity (Wildman–Crippen MR) is 77.3 cm³/mol. The molecular weight excluding hydrogens is 296 g/mol. The maximum atomic E-state index is 12.4. The molecule has 2 N–H and O–H groups in total. The molecule has 1 aliphatic heterocycles. The summed E-state index contributed by atoms with van der Waals surface area (Å²) < 4.78 is 42.8. The lowest BCUT2D eigenvalue weighted by atomic mass is 10.3. The van der Waals surface area contributed by atoms with Crippen LogP contribution >= 0.6 is 0 Å². The lowest BCUT2D eigenvalue weighted by molar-refractivity contribution is 0.0784. The molecule has 7 nitrogen and oxygen atoms in total. The molecule has 0 spiro atoms. The van der Waals surface area contributed by atoms with Gasteiger partial charge in [0.15, 0.2) is 0 Å². The molecule has 21 heavy (non-hydrogen) atoms. The second-order valence-electron chi connectivity index (χ2n) is 4.59. The van der Waals surface area contributed by atoms with Gasteiger partial charge in [0.1, 0.15) is 16.4 Å². The molecule has 0 bridgehead atoms. The number of hydrogen-bond donors (Lipinski definition) is 2. The van der Waals surface area contributed by atoms with Gasteiger partial charge in [-0.3, -0.25) is 0 Å². The van der Waals surface area contributed by atoms with Crippen molar-refractivity contribution in [2.24, 2.45) is 0 Å². The molecule has 2 rings (SSSR count). The first-order valence-corrected chi connectivity index (χ1v) is 8.08. The molecule has 0 amide bonds. The maximum absolute atomic E-state index is 12.4. The molecule has 0 aromatic heterocycles. The first-order valence-electron chi connectivity index (χ1n) is 6.59. The molecule has 1 aromatic rings. The fourth-order valence-corrected chi connectivity index (χ4v) is 3.30. The quantitative estimate of drug-likeness (QED) is 0.766. The molecule has 1 atom stereocenters. The molecule has 0 saturated carbocycles. The Bertz CT molecular complexity index is 570. The first-order chi connectivity index (χ1) is 10.1. The molecule has 1 heterocycles. The number of sulfonamides is 1. The molecule has 8 heteroatoms. The maximum Gasteiger partial charge on any atom is 0.244 e. The Labute approximate surface area is 124 Å². The topological polar surface area (TPSA) is 85.9 Å². The van der Waals surface area contributed by atoms with Gasteiger partial charge in [0.25, 0.3) is 0 Å². The molecule has 1 aromatic carbocycles. The molecule has 118 valence electrons. The van der Waals surface area contributed by atoms with Crippen LogP contribution in [0.4, 0.5) is 0 Å². The summed E-state index contributed by atoms with van der Waals surface area (Å²) in [5.41, 5.74) is 0. The zero-order valence-corrected chi connectivity index (χ0v) is 12.9. The van der Waals surface area contributed by atoms with E-state index in [2.05, 4.69) is 10.0 Å². The third kappa shape index (κ3) is 4.07. The first kappa shape index (κ1) is 16.0. The van der Waals surface area contributed by atoms with Gasteiger partial charge in [-0.25, -0.2) is 13.1 Å². The Kier molecular flexibility index (Phi) is 5.40. The standard InChI is InChI=1S/C13H20N2O5S/c1-18-11-3-4-12(19-2)13(7-11)21(16,17)15-8-10-9-20-6-5-14-10/h3-4,7,10,14-15H,5-6,8-9H2,1-2H3. The highest BCUT2D eigenvalue weighted by atomic mass is 32.2. The number of methoxy groups -OCH3 is 2. The summed E-state index contributed by atoms with van der Waals surface area (Å²) in [5.74, 6) is 0.728. The fraction of sp³-hybridized carbons (Fsp3) is 0.538. The van der Waals surface area contributed by atoms with Crippen LogP contribution < -0.4 is 19.5 Å². The molecular formula is C13H20N2O5S. The zero-order valence-electron chi connectivity index (χ0n) is 12.1. The lowest BCUT2D eigenvalue weighted by Crippen LogP contribution is -2.48. The van der Waals surface area contributed by atoms with Gasteiger partial charge in [-0.15, -0.1) is 0 Å². The Balaban J connectivity index is 2.14. The van der Waals surface area contributed by atoms with Crippen LogP contribution in [0.15, 0.2) is 23.1 Å². The summed E-state index contributed by atoms with van der Waals surface area (Å²) in [5, 5.41) is 3.19. The summed E-state index contributed by atoms with van der Waals surface area (Å²) in [6.45, 7) is 2.10. The van der Waals surface area contributed by atoms with Crippen molar-refractivity contribution in [3.8, 4) is 11.5 Å². The summed E-state index contributed by atoms with van der Waals surface area (Å²) in [6.07, 6.45) is 0. The highest BCUT2D eigenvalue weighted by Crippen LogP contribution is 2.27. The molecule has 1 aliphatic rings. The molecule has 1 saturated heterocycles. The van der Waals surface area contributed by atoms with Gasteiger partial charge in [-0.05, 0) is 12.1 Å². The number of rotatable bonds is 6. The van der Waals surface area contributed by atoms with Crippen LogP contribution in [0.25, 0.3) is 0 Å². The summed E-state index contributed by atoms with van der Waals surface area (Å²) in [7, 11) is -0.777. The second-order valence-corrected chi connectivity index (χ2v) is 6.33. The number of ether oxygens (including phenoxy) is 3. The van der Waals surface area contributed by atoms with E-state index in [-0.39, 0.29) is 23.2 Å². The van der Waals surface area contributed by atoms with Gasteiger partial charge in [-0.2, -0.15) is 0 Å². The normalized spacial score (nSPS) is 19.2. The fourth-order valence-electron chi connectivity index (χ4n) is 2.03. The van der Waals surface area contributed by atoms with E-state index in [1.807, 2.05) is 0 Å². The largest absolute Gasteiger partial charge is 0.497 e. The van der Waals surface area contributed by atoms with Crippen LogP contribution in [0, 0.1) is 0 Å². The SMILES string of the molecule is COc1ccc(OC)c(S(=O)(=O)NCC2COCCN2)c1. The third-order valence-electron chi connectivity index (χ3n) is 3.18. The molecule has 1 unspecified atom stereocenters. The average molecular weight is 316 g/mol. The van der Waals surface area contributed by atoms with Crippen LogP contribution in [0.3, 0.4) is 0 Å². The van der Waals surface area contributed by atoms with E-state index in [0.29, 0.717) is 19.0 Å². The molecule has 0 radical (unpaired) electrons. The highest BCUT2D eigenvalue weighted by Gasteiger charge is 2.22. The monoisotopic (exact) mass is 316 g/mol. The van der Waals surface area contributed by atoms with Gasteiger partial charge in [-0.1, -0.05) is 0 Å². The van der Waals surface area contributed by atoms with Gasteiger partial charge in [0.2, 0.25) is 10.0 Å². The van der Waals surface area contributed by atoms with Crippen molar-refractivity contribution < 1.29 is 22.6 Å². The van der Waals surface area contributed by atoms with Crippen LogP contribution in [-0.2, 0) is 14.8 Å². The zero-order chi connectivity index (χ0) is 15.3. The van der Waals surface area contributed by atoms with Crippen LogP contribution in [0.1, 0.15) is 0 Å². The minimum atomic E-state index is -3.69. The van der Waals surface area contributed by atoms with Gasteiger partial charge >= 0.3 is 0 Å². The lowest BCUT2D eigenvalue weighted by Gasteiger charge is -2.24. The van der Waals surface area contributed by atoms with Crippen molar-refractivity contribution in [3.63, 3.8) is 0 Å². The van der Waals surface area contributed by atoms with E-state index in [0.717, 1.165) is 6.54 Å². The molecule has 0 aliphatic carbocycles. The number of morpholine rings is 1. The third-order valence-corrected chi connectivity index (χ3v) is 4.62. The smallest absolute Gasteiger partial charge is 0.244 e. The Hall–Kier alpha value is -1.35. The minimum absolute atomic E-state index is 0.0369.